The Labute approximate surface area is 143 Å². The highest BCUT2D eigenvalue weighted by Gasteiger charge is 2.41. The van der Waals surface area contributed by atoms with E-state index in [4.69, 9.17) is 9.47 Å². The predicted molar refractivity (Wildman–Crippen MR) is 96.5 cm³/mol. The molecule has 0 spiro atoms. The van der Waals surface area contributed by atoms with Crippen LogP contribution in [0.4, 0.5) is 5.69 Å². The van der Waals surface area contributed by atoms with E-state index in [1.54, 1.807) is 6.08 Å². The smallest absolute Gasteiger partial charge is 0.120 e. The minimum absolute atomic E-state index is 0.184. The molecule has 2 aromatic carbocycles. The number of ether oxygens (including phenoxy) is 2. The number of rotatable bonds is 4. The van der Waals surface area contributed by atoms with Gasteiger partial charge in [0.25, 0.3) is 0 Å². The average molecular weight is 321 g/mol. The van der Waals surface area contributed by atoms with Gasteiger partial charge in [0.05, 0.1) is 12.1 Å². The molecule has 0 saturated carbocycles. The minimum atomic E-state index is 0.184. The van der Waals surface area contributed by atoms with E-state index < -0.39 is 0 Å². The number of hydrogen-bond acceptors (Lipinski definition) is 3. The third-order valence-corrected chi connectivity index (χ3v) is 4.98. The van der Waals surface area contributed by atoms with Crippen LogP contribution in [0.2, 0.25) is 0 Å². The number of aryl methyl sites for hydroxylation is 1. The first-order valence-corrected chi connectivity index (χ1v) is 8.58. The Bertz CT molecular complexity index is 755. The summed E-state index contributed by atoms with van der Waals surface area (Å²) >= 11 is 0. The lowest BCUT2D eigenvalue weighted by molar-refractivity contribution is 0.0828. The molecule has 1 N–H and O–H groups in total. The van der Waals surface area contributed by atoms with Crippen molar-refractivity contribution in [1.82, 2.24) is 0 Å². The van der Waals surface area contributed by atoms with E-state index >= 15 is 0 Å². The molecule has 0 radical (unpaired) electrons. The summed E-state index contributed by atoms with van der Waals surface area (Å²) in [6.45, 7) is 7.20. The van der Waals surface area contributed by atoms with Gasteiger partial charge in [-0.05, 0) is 37.1 Å². The first-order chi connectivity index (χ1) is 11.8. The zero-order valence-corrected chi connectivity index (χ0v) is 14.0. The molecule has 2 aliphatic rings. The number of hydrogen-bond donors (Lipinski definition) is 1. The first kappa shape index (κ1) is 15.3. The summed E-state index contributed by atoms with van der Waals surface area (Å²) in [6, 6.07) is 15.2. The Morgan fingerprint density at radius 3 is 3.08 bits per heavy atom. The van der Waals surface area contributed by atoms with Crippen molar-refractivity contribution in [2.45, 2.75) is 25.5 Å². The van der Waals surface area contributed by atoms with Crippen LogP contribution in [-0.4, -0.2) is 13.2 Å². The molecule has 3 heteroatoms. The summed E-state index contributed by atoms with van der Waals surface area (Å²) in [7, 11) is 0. The van der Waals surface area contributed by atoms with Crippen molar-refractivity contribution in [2.24, 2.45) is 5.92 Å². The molecule has 0 aliphatic carbocycles. The number of nitrogens with one attached hydrogen (secondary N) is 1. The Morgan fingerprint density at radius 1 is 1.29 bits per heavy atom. The fourth-order valence-electron chi connectivity index (χ4n) is 3.87. The van der Waals surface area contributed by atoms with Crippen LogP contribution in [0, 0.1) is 12.8 Å². The molecule has 2 aliphatic heterocycles. The number of fused-ring (bicyclic) bond motifs is 3. The van der Waals surface area contributed by atoms with E-state index in [9.17, 15) is 0 Å². The molecule has 0 aromatic heterocycles. The van der Waals surface area contributed by atoms with E-state index in [0.29, 0.717) is 12.5 Å². The van der Waals surface area contributed by atoms with E-state index in [1.807, 2.05) is 6.07 Å². The van der Waals surface area contributed by atoms with Crippen LogP contribution in [-0.2, 0) is 4.74 Å². The standard InChI is InChI=1S/C21H23NO2/c1-3-10-23-16-6-4-5-15(13-16)20-17-9-11-24-21(17)18-12-14(2)7-8-19(18)22-20/h3-8,12-13,17,20-22H,1,9-11H2,2H3. The molecule has 4 rings (SSSR count). The molecule has 0 amide bonds. The van der Waals surface area contributed by atoms with Crippen LogP contribution >= 0.6 is 0 Å². The quantitative estimate of drug-likeness (QED) is 0.820. The fourth-order valence-corrected chi connectivity index (χ4v) is 3.87. The first-order valence-electron chi connectivity index (χ1n) is 8.58. The molecule has 124 valence electrons. The van der Waals surface area contributed by atoms with Gasteiger partial charge < -0.3 is 14.8 Å². The van der Waals surface area contributed by atoms with Crippen LogP contribution < -0.4 is 10.1 Å². The Hall–Kier alpha value is -2.26. The third-order valence-electron chi connectivity index (χ3n) is 4.98. The van der Waals surface area contributed by atoms with Crippen molar-refractivity contribution in [3.63, 3.8) is 0 Å². The van der Waals surface area contributed by atoms with Crippen LogP contribution in [0.1, 0.15) is 35.3 Å². The second-order valence-corrected chi connectivity index (χ2v) is 6.63. The SMILES string of the molecule is C=CCOc1cccc(C2Nc3ccc(C)cc3C3OCCC23)c1. The molecule has 1 fully saturated rings. The molecule has 0 bridgehead atoms. The Kier molecular flexibility index (Phi) is 4.03. The van der Waals surface area contributed by atoms with Crippen LogP contribution in [0.25, 0.3) is 0 Å². The third kappa shape index (κ3) is 2.69. The largest absolute Gasteiger partial charge is 0.490 e. The molecule has 3 nitrogen and oxygen atoms in total. The Balaban J connectivity index is 1.69. The zero-order chi connectivity index (χ0) is 16.5. The monoisotopic (exact) mass is 321 g/mol. The molecule has 1 saturated heterocycles. The fraction of sp³-hybridized carbons (Fsp3) is 0.333. The second-order valence-electron chi connectivity index (χ2n) is 6.63. The van der Waals surface area contributed by atoms with Crippen LogP contribution in [0.3, 0.4) is 0 Å². The molecule has 2 aromatic rings. The molecular formula is C21H23NO2. The van der Waals surface area contributed by atoms with Gasteiger partial charge in [0, 0.05) is 23.8 Å². The lowest BCUT2D eigenvalue weighted by Gasteiger charge is -2.36. The molecule has 3 atom stereocenters. The average Bonchev–Trinajstić information content (AvgIpc) is 3.09. The van der Waals surface area contributed by atoms with Gasteiger partial charge in [0.1, 0.15) is 12.4 Å². The maximum Gasteiger partial charge on any atom is 0.120 e. The maximum atomic E-state index is 6.10. The van der Waals surface area contributed by atoms with Crippen molar-refractivity contribution < 1.29 is 9.47 Å². The van der Waals surface area contributed by atoms with E-state index in [0.717, 1.165) is 18.8 Å². The van der Waals surface area contributed by atoms with Crippen molar-refractivity contribution in [3.05, 3.63) is 71.8 Å². The van der Waals surface area contributed by atoms with Gasteiger partial charge in [-0.1, -0.05) is 42.5 Å². The van der Waals surface area contributed by atoms with Gasteiger partial charge in [-0.25, -0.2) is 0 Å². The second kappa shape index (κ2) is 6.33. The van der Waals surface area contributed by atoms with Gasteiger partial charge in [-0.3, -0.25) is 0 Å². The highest BCUT2D eigenvalue weighted by atomic mass is 16.5. The summed E-state index contributed by atoms with van der Waals surface area (Å²) in [5.74, 6) is 1.34. The minimum Gasteiger partial charge on any atom is -0.490 e. The molecule has 24 heavy (non-hydrogen) atoms. The van der Waals surface area contributed by atoms with Crippen molar-refractivity contribution in [3.8, 4) is 5.75 Å². The van der Waals surface area contributed by atoms with E-state index in [2.05, 4.69) is 55.2 Å². The predicted octanol–water partition coefficient (Wildman–Crippen LogP) is 4.80. The highest BCUT2D eigenvalue weighted by molar-refractivity contribution is 5.58. The Morgan fingerprint density at radius 2 is 2.21 bits per heavy atom. The van der Waals surface area contributed by atoms with E-state index in [1.165, 1.54) is 22.4 Å². The van der Waals surface area contributed by atoms with Crippen molar-refractivity contribution >= 4 is 5.69 Å². The lowest BCUT2D eigenvalue weighted by Crippen LogP contribution is -2.29. The van der Waals surface area contributed by atoms with Gasteiger partial charge in [0.15, 0.2) is 0 Å². The highest BCUT2D eigenvalue weighted by Crippen LogP contribution is 2.50. The zero-order valence-electron chi connectivity index (χ0n) is 14.0. The van der Waals surface area contributed by atoms with Crippen molar-refractivity contribution in [2.75, 3.05) is 18.5 Å². The molecule has 3 unspecified atom stereocenters. The maximum absolute atomic E-state index is 6.10. The summed E-state index contributed by atoms with van der Waals surface area (Å²) in [6.07, 6.45) is 3.03. The van der Waals surface area contributed by atoms with Gasteiger partial charge >= 0.3 is 0 Å². The lowest BCUT2D eigenvalue weighted by atomic mass is 9.80. The van der Waals surface area contributed by atoms with Gasteiger partial charge in [0.2, 0.25) is 0 Å². The summed E-state index contributed by atoms with van der Waals surface area (Å²) in [5.41, 5.74) is 5.02. The summed E-state index contributed by atoms with van der Waals surface area (Å²) in [5, 5.41) is 3.74. The topological polar surface area (TPSA) is 30.5 Å². The van der Waals surface area contributed by atoms with Crippen LogP contribution in [0.15, 0.2) is 55.1 Å². The van der Waals surface area contributed by atoms with Gasteiger partial charge in [-0.15, -0.1) is 0 Å². The van der Waals surface area contributed by atoms with Crippen molar-refractivity contribution in [1.29, 1.82) is 0 Å². The number of anilines is 1. The normalized spacial score (nSPS) is 24.6. The molecule has 2 heterocycles. The molecular weight excluding hydrogens is 298 g/mol. The summed E-state index contributed by atoms with van der Waals surface area (Å²) < 4.78 is 11.8. The van der Waals surface area contributed by atoms with E-state index in [-0.39, 0.29) is 12.1 Å². The summed E-state index contributed by atoms with van der Waals surface area (Å²) in [4.78, 5) is 0. The van der Waals surface area contributed by atoms with Crippen LogP contribution in [0.5, 0.6) is 5.75 Å². The number of benzene rings is 2. The van der Waals surface area contributed by atoms with Gasteiger partial charge in [-0.2, -0.15) is 0 Å².